The molecule has 2 aromatic carbocycles. The van der Waals surface area contributed by atoms with Gasteiger partial charge in [0.1, 0.15) is 11.4 Å². The van der Waals surface area contributed by atoms with E-state index in [1.54, 1.807) is 24.3 Å². The molecular weight excluding hydrogens is 323 g/mol. The highest BCUT2D eigenvalue weighted by Crippen LogP contribution is 2.20. The van der Waals surface area contributed by atoms with Gasteiger partial charge in [0.2, 0.25) is 5.78 Å². The number of benzene rings is 2. The van der Waals surface area contributed by atoms with Crippen LogP contribution in [-0.4, -0.2) is 18.4 Å². The van der Waals surface area contributed by atoms with Gasteiger partial charge in [0.05, 0.1) is 5.56 Å². The van der Waals surface area contributed by atoms with Crippen molar-refractivity contribution in [2.75, 3.05) is 6.61 Å². The van der Waals surface area contributed by atoms with Gasteiger partial charge in [-0.1, -0.05) is 29.8 Å². The van der Waals surface area contributed by atoms with Gasteiger partial charge in [-0.15, -0.1) is 0 Å². The number of rotatable bonds is 4. The Bertz CT molecular complexity index is 867. The van der Waals surface area contributed by atoms with Crippen LogP contribution in [0.1, 0.15) is 20.9 Å². The molecule has 3 rings (SSSR count). The second kappa shape index (κ2) is 6.22. The molecule has 0 saturated carbocycles. The average Bonchev–Trinajstić information content (AvgIpc) is 2.96. The number of ketones is 1. The summed E-state index contributed by atoms with van der Waals surface area (Å²) < 4.78 is 23.8. The second-order valence-electron chi connectivity index (χ2n) is 4.77. The number of fused-ring (bicyclic) bond motifs is 1. The third kappa shape index (κ3) is 3.24. The molecule has 0 fully saturated rings. The third-order valence-electron chi connectivity index (χ3n) is 3.19. The lowest BCUT2D eigenvalue weighted by atomic mass is 10.2. The van der Waals surface area contributed by atoms with Crippen molar-refractivity contribution in [3.63, 3.8) is 0 Å². The maximum atomic E-state index is 13.6. The minimum atomic E-state index is -0.941. The van der Waals surface area contributed by atoms with Crippen LogP contribution >= 0.6 is 11.6 Å². The van der Waals surface area contributed by atoms with Crippen molar-refractivity contribution in [2.45, 2.75) is 0 Å². The topological polar surface area (TPSA) is 56.5 Å². The largest absolute Gasteiger partial charge is 0.453 e. The number of esters is 1. The van der Waals surface area contributed by atoms with Crippen molar-refractivity contribution < 1.29 is 23.1 Å². The van der Waals surface area contributed by atoms with Crippen molar-refractivity contribution >= 4 is 34.3 Å². The Labute approximate surface area is 135 Å². The SMILES string of the molecule is O=C(COC(=O)c1ccc(Cl)cc1F)c1cc2ccccc2o1. The van der Waals surface area contributed by atoms with Gasteiger partial charge in [0.15, 0.2) is 12.4 Å². The van der Waals surface area contributed by atoms with Crippen molar-refractivity contribution in [3.05, 3.63) is 70.7 Å². The quantitative estimate of drug-likeness (QED) is 0.529. The first-order valence-electron chi connectivity index (χ1n) is 6.68. The fourth-order valence-corrected chi connectivity index (χ4v) is 2.21. The van der Waals surface area contributed by atoms with Crippen LogP contribution in [0.2, 0.25) is 5.02 Å². The Kier molecular flexibility index (Phi) is 4.12. The average molecular weight is 333 g/mol. The number of furan rings is 1. The van der Waals surface area contributed by atoms with E-state index in [4.69, 9.17) is 20.8 Å². The summed E-state index contributed by atoms with van der Waals surface area (Å²) in [7, 11) is 0. The molecule has 1 aromatic heterocycles. The summed E-state index contributed by atoms with van der Waals surface area (Å²) >= 11 is 5.61. The first-order chi connectivity index (χ1) is 11.0. The molecule has 0 bridgehead atoms. The van der Waals surface area contributed by atoms with Gasteiger partial charge in [-0.25, -0.2) is 9.18 Å². The summed E-state index contributed by atoms with van der Waals surface area (Å²) in [5, 5.41) is 0.934. The van der Waals surface area contributed by atoms with Crippen LogP contribution in [0.3, 0.4) is 0 Å². The maximum absolute atomic E-state index is 13.6. The van der Waals surface area contributed by atoms with Gasteiger partial charge in [0.25, 0.3) is 0 Å². The highest BCUT2D eigenvalue weighted by Gasteiger charge is 2.18. The van der Waals surface area contributed by atoms with Gasteiger partial charge in [0, 0.05) is 10.4 Å². The number of carbonyl (C=O) groups excluding carboxylic acids is 2. The number of para-hydroxylation sites is 1. The molecule has 0 aliphatic rings. The molecule has 116 valence electrons. The number of hydrogen-bond donors (Lipinski definition) is 0. The molecule has 1 heterocycles. The molecule has 0 saturated heterocycles. The molecular formula is C17H10ClFO4. The van der Waals surface area contributed by atoms with Crippen molar-refractivity contribution in [1.29, 1.82) is 0 Å². The Hall–Kier alpha value is -2.66. The second-order valence-corrected chi connectivity index (χ2v) is 5.21. The van der Waals surface area contributed by atoms with E-state index in [2.05, 4.69) is 0 Å². The summed E-state index contributed by atoms with van der Waals surface area (Å²) in [6.45, 7) is -0.541. The standard InChI is InChI=1S/C17H10ClFO4/c18-11-5-6-12(13(19)8-11)17(21)22-9-14(20)16-7-10-3-1-2-4-15(10)23-16/h1-8H,9H2. The Morgan fingerprint density at radius 1 is 1.13 bits per heavy atom. The van der Waals surface area contributed by atoms with E-state index >= 15 is 0 Å². The molecule has 6 heteroatoms. The minimum absolute atomic E-state index is 0.0792. The van der Waals surface area contributed by atoms with Crippen LogP contribution in [0.25, 0.3) is 11.0 Å². The van der Waals surface area contributed by atoms with Crippen LogP contribution in [-0.2, 0) is 4.74 Å². The summed E-state index contributed by atoms with van der Waals surface area (Å²) in [5.74, 6) is -2.18. The Morgan fingerprint density at radius 3 is 2.65 bits per heavy atom. The normalized spacial score (nSPS) is 10.7. The summed E-state index contributed by atoms with van der Waals surface area (Å²) in [6, 6.07) is 12.2. The number of carbonyl (C=O) groups is 2. The van der Waals surface area contributed by atoms with E-state index < -0.39 is 24.2 Å². The Morgan fingerprint density at radius 2 is 1.91 bits per heavy atom. The van der Waals surface area contributed by atoms with E-state index in [1.807, 2.05) is 6.07 Å². The smallest absolute Gasteiger partial charge is 0.341 e. The predicted octanol–water partition coefficient (Wildman–Crippen LogP) is 4.27. The lowest BCUT2D eigenvalue weighted by Gasteiger charge is -2.04. The molecule has 23 heavy (non-hydrogen) atoms. The summed E-state index contributed by atoms with van der Waals surface area (Å²) in [6.07, 6.45) is 0. The van der Waals surface area contributed by atoms with Crippen molar-refractivity contribution in [1.82, 2.24) is 0 Å². The molecule has 0 radical (unpaired) electrons. The van der Waals surface area contributed by atoms with Gasteiger partial charge >= 0.3 is 5.97 Å². The lowest BCUT2D eigenvalue weighted by molar-refractivity contribution is 0.0464. The highest BCUT2D eigenvalue weighted by molar-refractivity contribution is 6.30. The van der Waals surface area contributed by atoms with Gasteiger partial charge in [-0.2, -0.15) is 0 Å². The zero-order valence-electron chi connectivity index (χ0n) is 11.7. The minimum Gasteiger partial charge on any atom is -0.453 e. The molecule has 0 N–H and O–H groups in total. The monoisotopic (exact) mass is 332 g/mol. The number of halogens is 2. The van der Waals surface area contributed by atoms with Crippen LogP contribution in [0, 0.1) is 5.82 Å². The first kappa shape index (κ1) is 15.2. The summed E-state index contributed by atoms with van der Waals surface area (Å²) in [4.78, 5) is 23.8. The van der Waals surface area contributed by atoms with E-state index in [-0.39, 0.29) is 16.3 Å². The maximum Gasteiger partial charge on any atom is 0.341 e. The van der Waals surface area contributed by atoms with Gasteiger partial charge in [-0.3, -0.25) is 4.79 Å². The van der Waals surface area contributed by atoms with Crippen molar-refractivity contribution in [2.24, 2.45) is 0 Å². The van der Waals surface area contributed by atoms with Crippen LogP contribution in [0.15, 0.2) is 52.9 Å². The van der Waals surface area contributed by atoms with Crippen LogP contribution in [0.4, 0.5) is 4.39 Å². The molecule has 4 nitrogen and oxygen atoms in total. The number of Topliss-reactive ketones (excluding diaryl/α,β-unsaturated/α-hetero) is 1. The van der Waals surface area contributed by atoms with E-state index in [0.29, 0.717) is 5.58 Å². The number of hydrogen-bond acceptors (Lipinski definition) is 4. The number of ether oxygens (including phenoxy) is 1. The fourth-order valence-electron chi connectivity index (χ4n) is 2.05. The van der Waals surface area contributed by atoms with E-state index in [9.17, 15) is 14.0 Å². The van der Waals surface area contributed by atoms with E-state index in [1.165, 1.54) is 12.1 Å². The zero-order valence-corrected chi connectivity index (χ0v) is 12.5. The van der Waals surface area contributed by atoms with Crippen molar-refractivity contribution in [3.8, 4) is 0 Å². The molecule has 3 aromatic rings. The fraction of sp³-hybridized carbons (Fsp3) is 0.0588. The zero-order chi connectivity index (χ0) is 16.4. The highest BCUT2D eigenvalue weighted by atomic mass is 35.5. The van der Waals surface area contributed by atoms with Gasteiger partial charge < -0.3 is 9.15 Å². The molecule has 0 aliphatic carbocycles. The van der Waals surface area contributed by atoms with Crippen LogP contribution < -0.4 is 0 Å². The molecule has 0 amide bonds. The summed E-state index contributed by atoms with van der Waals surface area (Å²) in [5.41, 5.74) is 0.276. The first-order valence-corrected chi connectivity index (χ1v) is 7.06. The molecule has 0 unspecified atom stereocenters. The third-order valence-corrected chi connectivity index (χ3v) is 3.42. The molecule has 0 aliphatic heterocycles. The lowest BCUT2D eigenvalue weighted by Crippen LogP contribution is -2.14. The Balaban J connectivity index is 1.69. The predicted molar refractivity (Wildman–Crippen MR) is 82.2 cm³/mol. The van der Waals surface area contributed by atoms with E-state index in [0.717, 1.165) is 11.5 Å². The van der Waals surface area contributed by atoms with Gasteiger partial charge in [-0.05, 0) is 30.3 Å². The molecule has 0 atom stereocenters. The molecule has 0 spiro atoms. The van der Waals surface area contributed by atoms with Crippen LogP contribution in [0.5, 0.6) is 0 Å².